The monoisotopic (exact) mass is 467 g/mol. The highest BCUT2D eigenvalue weighted by Crippen LogP contribution is 2.44. The van der Waals surface area contributed by atoms with Gasteiger partial charge in [0.25, 0.3) is 11.8 Å². The first-order chi connectivity index (χ1) is 15.4. The highest BCUT2D eigenvalue weighted by atomic mass is 32.1. The van der Waals surface area contributed by atoms with Gasteiger partial charge in [-0.05, 0) is 24.6 Å². The smallest absolute Gasteiger partial charge is 0.344 e. The SMILES string of the molecule is CC(OC(=O)CC(=O)ON1C(=O)CCC1=O)c1ccc2c(c1)sc1c3ccccc3sc21. The van der Waals surface area contributed by atoms with Crippen molar-refractivity contribution >= 4 is 76.0 Å². The van der Waals surface area contributed by atoms with Crippen molar-refractivity contribution in [2.24, 2.45) is 0 Å². The van der Waals surface area contributed by atoms with Gasteiger partial charge in [0.05, 0.1) is 9.40 Å². The molecular formula is C23H17NO6S2. The van der Waals surface area contributed by atoms with E-state index in [9.17, 15) is 19.2 Å². The maximum absolute atomic E-state index is 12.2. The van der Waals surface area contributed by atoms with E-state index in [4.69, 9.17) is 9.57 Å². The molecule has 1 saturated heterocycles. The molecule has 0 radical (unpaired) electrons. The van der Waals surface area contributed by atoms with E-state index in [1.54, 1.807) is 29.6 Å². The lowest BCUT2D eigenvalue weighted by atomic mass is 10.1. The number of esters is 1. The van der Waals surface area contributed by atoms with Crippen LogP contribution < -0.4 is 0 Å². The molecule has 2 amide bonds. The molecule has 1 aliphatic heterocycles. The Bertz CT molecular complexity index is 1400. The predicted molar refractivity (Wildman–Crippen MR) is 121 cm³/mol. The average Bonchev–Trinajstić information content (AvgIpc) is 3.40. The number of fused-ring (bicyclic) bond motifs is 5. The number of nitrogens with zero attached hydrogens (tertiary/aromatic N) is 1. The molecule has 0 spiro atoms. The zero-order valence-electron chi connectivity index (χ0n) is 17.0. The Morgan fingerprint density at radius 2 is 1.59 bits per heavy atom. The van der Waals surface area contributed by atoms with Crippen molar-refractivity contribution in [2.45, 2.75) is 32.3 Å². The van der Waals surface area contributed by atoms with Crippen LogP contribution in [0.15, 0.2) is 42.5 Å². The van der Waals surface area contributed by atoms with Crippen molar-refractivity contribution in [3.05, 3.63) is 48.0 Å². The summed E-state index contributed by atoms with van der Waals surface area (Å²) in [7, 11) is 0. The summed E-state index contributed by atoms with van der Waals surface area (Å²) in [6.45, 7) is 1.73. The first kappa shape index (κ1) is 20.6. The topological polar surface area (TPSA) is 90.0 Å². The molecule has 162 valence electrons. The molecule has 1 atom stereocenters. The van der Waals surface area contributed by atoms with Crippen LogP contribution in [0.4, 0.5) is 0 Å². The number of hydrogen-bond acceptors (Lipinski definition) is 8. The number of thiophene rings is 2. The van der Waals surface area contributed by atoms with E-state index in [2.05, 4.69) is 12.1 Å². The van der Waals surface area contributed by atoms with Crippen LogP contribution in [0.5, 0.6) is 0 Å². The van der Waals surface area contributed by atoms with E-state index in [-0.39, 0.29) is 12.8 Å². The Morgan fingerprint density at radius 3 is 2.34 bits per heavy atom. The highest BCUT2D eigenvalue weighted by molar-refractivity contribution is 7.36. The second-order valence-electron chi connectivity index (χ2n) is 7.47. The Labute approximate surface area is 190 Å². The molecule has 3 heterocycles. The van der Waals surface area contributed by atoms with E-state index in [0.29, 0.717) is 5.06 Å². The number of carbonyl (C=O) groups excluding carboxylic acids is 4. The summed E-state index contributed by atoms with van der Waals surface area (Å²) in [6, 6.07) is 14.3. The number of carbonyl (C=O) groups is 4. The van der Waals surface area contributed by atoms with E-state index in [1.807, 2.05) is 30.3 Å². The number of hydroxylamine groups is 2. The lowest BCUT2D eigenvalue weighted by Gasteiger charge is -2.15. The Kier molecular flexibility index (Phi) is 5.15. The normalized spacial score (nSPS) is 15.1. The van der Waals surface area contributed by atoms with Gasteiger partial charge in [-0.2, -0.15) is 0 Å². The standard InChI is InChI=1S/C23H17NO6S2/c1-12(29-20(27)11-21(28)30-24-18(25)8-9-19(24)26)13-6-7-15-17(10-13)32-22-14-4-2-3-5-16(14)31-23(15)22/h2-7,10,12H,8-9,11H2,1H3. The summed E-state index contributed by atoms with van der Waals surface area (Å²) in [5, 5.41) is 2.82. The van der Waals surface area contributed by atoms with Crippen molar-refractivity contribution in [1.29, 1.82) is 0 Å². The molecule has 4 aromatic rings. The predicted octanol–water partition coefficient (Wildman–Crippen LogP) is 4.87. The molecular weight excluding hydrogens is 450 g/mol. The molecule has 7 nitrogen and oxygen atoms in total. The first-order valence-electron chi connectivity index (χ1n) is 10.0. The van der Waals surface area contributed by atoms with Crippen LogP contribution >= 0.6 is 22.7 Å². The van der Waals surface area contributed by atoms with Crippen LogP contribution in [-0.2, 0) is 28.8 Å². The molecule has 2 aromatic heterocycles. The lowest BCUT2D eigenvalue weighted by Crippen LogP contribution is -2.33. The van der Waals surface area contributed by atoms with Crippen LogP contribution in [-0.4, -0.2) is 28.8 Å². The van der Waals surface area contributed by atoms with Gasteiger partial charge in [0, 0.05) is 33.0 Å². The second-order valence-corrected chi connectivity index (χ2v) is 9.57. The van der Waals surface area contributed by atoms with Crippen molar-refractivity contribution in [1.82, 2.24) is 5.06 Å². The molecule has 0 aliphatic carbocycles. The van der Waals surface area contributed by atoms with Crippen LogP contribution in [0.3, 0.4) is 0 Å². The van der Waals surface area contributed by atoms with Crippen LogP contribution in [0, 0.1) is 0 Å². The Balaban J connectivity index is 1.28. The van der Waals surface area contributed by atoms with Crippen molar-refractivity contribution < 1.29 is 28.8 Å². The van der Waals surface area contributed by atoms with Gasteiger partial charge in [-0.25, -0.2) is 4.79 Å². The quantitative estimate of drug-likeness (QED) is 0.236. The van der Waals surface area contributed by atoms with Gasteiger partial charge >= 0.3 is 11.9 Å². The maximum atomic E-state index is 12.2. The third-order valence-corrected chi connectivity index (χ3v) is 7.80. The molecule has 5 rings (SSSR count). The molecule has 32 heavy (non-hydrogen) atoms. The van der Waals surface area contributed by atoms with E-state index in [0.717, 1.165) is 15.6 Å². The first-order valence-corrected chi connectivity index (χ1v) is 11.6. The summed E-state index contributed by atoms with van der Waals surface area (Å²) in [6.07, 6.45) is -1.28. The fraction of sp³-hybridized carbons (Fsp3) is 0.217. The molecule has 1 fully saturated rings. The summed E-state index contributed by atoms with van der Waals surface area (Å²) in [4.78, 5) is 51.8. The molecule has 0 N–H and O–H groups in total. The fourth-order valence-corrected chi connectivity index (χ4v) is 6.39. The van der Waals surface area contributed by atoms with Crippen LogP contribution in [0.1, 0.15) is 37.9 Å². The maximum Gasteiger partial charge on any atom is 0.344 e. The van der Waals surface area contributed by atoms with Crippen molar-refractivity contribution in [3.8, 4) is 0 Å². The number of ether oxygens (including phenoxy) is 1. The van der Waals surface area contributed by atoms with E-state index >= 15 is 0 Å². The molecule has 0 saturated carbocycles. The van der Waals surface area contributed by atoms with Crippen molar-refractivity contribution in [2.75, 3.05) is 0 Å². The second kappa shape index (κ2) is 7.99. The third kappa shape index (κ3) is 3.63. The average molecular weight is 468 g/mol. The minimum atomic E-state index is -1.01. The summed E-state index contributed by atoms with van der Waals surface area (Å²) < 4.78 is 10.2. The third-order valence-electron chi connectivity index (χ3n) is 5.28. The number of imide groups is 1. The van der Waals surface area contributed by atoms with Gasteiger partial charge in [0.15, 0.2) is 0 Å². The molecule has 9 heteroatoms. The van der Waals surface area contributed by atoms with Gasteiger partial charge in [-0.3, -0.25) is 14.4 Å². The zero-order chi connectivity index (χ0) is 22.4. The van der Waals surface area contributed by atoms with Crippen LogP contribution in [0.2, 0.25) is 0 Å². The van der Waals surface area contributed by atoms with E-state index in [1.165, 1.54) is 19.5 Å². The Morgan fingerprint density at radius 1 is 0.938 bits per heavy atom. The summed E-state index contributed by atoms with van der Waals surface area (Å²) in [5.74, 6) is -2.99. The van der Waals surface area contributed by atoms with E-state index < -0.39 is 36.3 Å². The van der Waals surface area contributed by atoms with Crippen LogP contribution in [0.25, 0.3) is 29.6 Å². The molecule has 1 aliphatic rings. The minimum absolute atomic E-state index is 0.00763. The molecule has 2 aromatic carbocycles. The summed E-state index contributed by atoms with van der Waals surface area (Å²) in [5.41, 5.74) is 0.808. The summed E-state index contributed by atoms with van der Waals surface area (Å²) >= 11 is 3.47. The molecule has 1 unspecified atom stereocenters. The van der Waals surface area contributed by atoms with Gasteiger partial charge in [0.2, 0.25) is 0 Å². The number of hydrogen-bond donors (Lipinski definition) is 0. The Hall–Kier alpha value is -3.30. The van der Waals surface area contributed by atoms with Gasteiger partial charge in [-0.15, -0.1) is 27.7 Å². The van der Waals surface area contributed by atoms with Gasteiger partial charge < -0.3 is 9.57 Å². The van der Waals surface area contributed by atoms with Gasteiger partial charge in [0.1, 0.15) is 12.5 Å². The largest absolute Gasteiger partial charge is 0.457 e. The molecule has 0 bridgehead atoms. The van der Waals surface area contributed by atoms with Crippen molar-refractivity contribution in [3.63, 3.8) is 0 Å². The highest BCUT2D eigenvalue weighted by Gasteiger charge is 2.33. The fourth-order valence-electron chi connectivity index (χ4n) is 3.69. The zero-order valence-corrected chi connectivity index (χ0v) is 18.6. The number of amides is 2. The lowest BCUT2D eigenvalue weighted by molar-refractivity contribution is -0.199. The minimum Gasteiger partial charge on any atom is -0.457 e. The number of benzene rings is 2. The van der Waals surface area contributed by atoms with Gasteiger partial charge in [-0.1, -0.05) is 30.3 Å². The number of rotatable bonds is 5.